The average molecular weight is 226 g/mol. The van der Waals surface area contributed by atoms with E-state index in [2.05, 4.69) is 11.8 Å². The van der Waals surface area contributed by atoms with Gasteiger partial charge in [0.2, 0.25) is 0 Å². The van der Waals surface area contributed by atoms with E-state index in [1.54, 1.807) is 0 Å². The van der Waals surface area contributed by atoms with Gasteiger partial charge in [0.1, 0.15) is 0 Å². The van der Waals surface area contributed by atoms with E-state index in [1.165, 1.54) is 45.1 Å². The molecule has 0 amide bonds. The first-order valence-corrected chi connectivity index (χ1v) is 6.90. The molecule has 2 N–H and O–H groups in total. The molecule has 0 aliphatic carbocycles. The van der Waals surface area contributed by atoms with E-state index in [9.17, 15) is 0 Å². The van der Waals surface area contributed by atoms with Gasteiger partial charge >= 0.3 is 0 Å². The zero-order valence-corrected chi connectivity index (χ0v) is 10.5. The smallest absolute Gasteiger partial charge is 0.0478 e. The van der Waals surface area contributed by atoms with E-state index in [-0.39, 0.29) is 0 Å². The Morgan fingerprint density at radius 1 is 1.25 bits per heavy atom. The average Bonchev–Trinajstić information content (AvgIpc) is 2.25. The molecule has 2 unspecified atom stereocenters. The van der Waals surface area contributed by atoms with E-state index in [0.29, 0.717) is 6.04 Å². The van der Waals surface area contributed by atoms with Gasteiger partial charge in [-0.15, -0.1) is 0 Å². The van der Waals surface area contributed by atoms with E-state index >= 15 is 0 Å². The lowest BCUT2D eigenvalue weighted by Gasteiger charge is -2.48. The van der Waals surface area contributed by atoms with E-state index in [0.717, 1.165) is 25.3 Å². The van der Waals surface area contributed by atoms with Gasteiger partial charge in [-0.2, -0.15) is 0 Å². The molecule has 2 aliphatic rings. The highest BCUT2D eigenvalue weighted by Crippen LogP contribution is 2.33. The molecule has 2 fully saturated rings. The number of nitrogens with zero attached hydrogens (tertiary/aromatic N) is 1. The summed E-state index contributed by atoms with van der Waals surface area (Å²) in [5.41, 5.74) is 6.11. The number of rotatable bonds is 5. The van der Waals surface area contributed by atoms with Gasteiger partial charge in [-0.3, -0.25) is 4.90 Å². The second-order valence-electron chi connectivity index (χ2n) is 5.26. The lowest BCUT2D eigenvalue weighted by atomic mass is 9.82. The predicted octanol–water partition coefficient (Wildman–Crippen LogP) is 1.76. The fourth-order valence-corrected chi connectivity index (χ4v) is 3.38. The molecule has 16 heavy (non-hydrogen) atoms. The van der Waals surface area contributed by atoms with E-state index < -0.39 is 0 Å². The highest BCUT2D eigenvalue weighted by Gasteiger charge is 2.36. The maximum absolute atomic E-state index is 6.11. The van der Waals surface area contributed by atoms with Crippen LogP contribution in [0.2, 0.25) is 0 Å². The van der Waals surface area contributed by atoms with E-state index in [1.807, 2.05) is 0 Å². The summed E-state index contributed by atoms with van der Waals surface area (Å²) in [6.45, 7) is 5.03. The Morgan fingerprint density at radius 3 is 2.56 bits per heavy atom. The standard InChI is InChI=1S/C13H26N2O/c1-2-16-8-4-7-15-12-5-3-6-13(15)10-11(14)9-12/h11-13H,2-10,14H2,1H3. The second-order valence-corrected chi connectivity index (χ2v) is 5.26. The first-order valence-electron chi connectivity index (χ1n) is 6.90. The van der Waals surface area contributed by atoms with Gasteiger partial charge in [-0.05, 0) is 39.0 Å². The molecule has 2 atom stereocenters. The number of ether oxygens (including phenoxy) is 1. The first-order chi connectivity index (χ1) is 7.81. The zero-order chi connectivity index (χ0) is 11.4. The van der Waals surface area contributed by atoms with Gasteiger partial charge in [0.05, 0.1) is 0 Å². The summed E-state index contributed by atoms with van der Waals surface area (Å²) in [6, 6.07) is 1.99. The monoisotopic (exact) mass is 226 g/mol. The van der Waals surface area contributed by atoms with Crippen LogP contribution < -0.4 is 5.73 Å². The molecule has 2 saturated heterocycles. The van der Waals surface area contributed by atoms with Crippen molar-refractivity contribution in [3.63, 3.8) is 0 Å². The molecule has 0 spiro atoms. The quantitative estimate of drug-likeness (QED) is 0.726. The number of piperidine rings is 2. The minimum atomic E-state index is 0.457. The molecule has 0 saturated carbocycles. The molecule has 3 nitrogen and oxygen atoms in total. The van der Waals surface area contributed by atoms with Crippen molar-refractivity contribution in [3.05, 3.63) is 0 Å². The minimum Gasteiger partial charge on any atom is -0.382 e. The largest absolute Gasteiger partial charge is 0.382 e. The molecular weight excluding hydrogens is 200 g/mol. The Kier molecular flexibility index (Phi) is 4.62. The van der Waals surface area contributed by atoms with Gasteiger partial charge in [0, 0.05) is 37.9 Å². The van der Waals surface area contributed by atoms with Gasteiger partial charge in [0.25, 0.3) is 0 Å². The van der Waals surface area contributed by atoms with Crippen molar-refractivity contribution in [2.45, 2.75) is 63.6 Å². The molecular formula is C13H26N2O. The molecule has 94 valence electrons. The normalized spacial score (nSPS) is 35.2. The van der Waals surface area contributed by atoms with Crippen molar-refractivity contribution in [1.82, 2.24) is 4.90 Å². The van der Waals surface area contributed by atoms with Gasteiger partial charge in [-0.25, -0.2) is 0 Å². The van der Waals surface area contributed by atoms with Crippen LogP contribution in [0.25, 0.3) is 0 Å². The maximum atomic E-state index is 6.11. The Bertz CT molecular complexity index is 196. The third-order valence-corrected chi connectivity index (χ3v) is 4.07. The number of hydrogen-bond donors (Lipinski definition) is 1. The molecule has 2 bridgehead atoms. The number of hydrogen-bond acceptors (Lipinski definition) is 3. The van der Waals surface area contributed by atoms with Crippen LogP contribution in [0.3, 0.4) is 0 Å². The lowest BCUT2D eigenvalue weighted by molar-refractivity contribution is 0.0226. The zero-order valence-electron chi connectivity index (χ0n) is 10.5. The van der Waals surface area contributed by atoms with Crippen LogP contribution in [-0.2, 0) is 4.74 Å². The lowest BCUT2D eigenvalue weighted by Crippen LogP contribution is -2.55. The molecule has 0 aromatic rings. The van der Waals surface area contributed by atoms with Crippen molar-refractivity contribution in [3.8, 4) is 0 Å². The van der Waals surface area contributed by atoms with Crippen molar-refractivity contribution in [2.24, 2.45) is 5.73 Å². The van der Waals surface area contributed by atoms with Crippen molar-refractivity contribution in [1.29, 1.82) is 0 Å². The predicted molar refractivity (Wildman–Crippen MR) is 66.5 cm³/mol. The Morgan fingerprint density at radius 2 is 1.94 bits per heavy atom. The molecule has 2 heterocycles. The summed E-state index contributed by atoms with van der Waals surface area (Å²) in [5, 5.41) is 0. The summed E-state index contributed by atoms with van der Waals surface area (Å²) in [5.74, 6) is 0. The fraction of sp³-hybridized carbons (Fsp3) is 1.00. The van der Waals surface area contributed by atoms with Crippen LogP contribution in [0.15, 0.2) is 0 Å². The molecule has 0 aromatic heterocycles. The summed E-state index contributed by atoms with van der Waals surface area (Å²) < 4.78 is 5.42. The van der Waals surface area contributed by atoms with Crippen molar-refractivity contribution in [2.75, 3.05) is 19.8 Å². The highest BCUT2D eigenvalue weighted by atomic mass is 16.5. The third kappa shape index (κ3) is 2.96. The summed E-state index contributed by atoms with van der Waals surface area (Å²) in [7, 11) is 0. The maximum Gasteiger partial charge on any atom is 0.0478 e. The van der Waals surface area contributed by atoms with Crippen molar-refractivity contribution >= 4 is 0 Å². The van der Waals surface area contributed by atoms with Crippen molar-refractivity contribution < 1.29 is 4.74 Å². The Balaban J connectivity index is 1.79. The fourth-order valence-electron chi connectivity index (χ4n) is 3.38. The first kappa shape index (κ1) is 12.3. The molecule has 2 rings (SSSR count). The van der Waals surface area contributed by atoms with Crippen LogP contribution in [-0.4, -0.2) is 42.8 Å². The van der Waals surface area contributed by atoms with Crippen LogP contribution in [0.5, 0.6) is 0 Å². The summed E-state index contributed by atoms with van der Waals surface area (Å²) in [6.07, 6.45) is 7.73. The van der Waals surface area contributed by atoms with Crippen LogP contribution in [0, 0.1) is 0 Å². The Labute approximate surface area is 99.3 Å². The topological polar surface area (TPSA) is 38.5 Å². The molecule has 0 radical (unpaired) electrons. The summed E-state index contributed by atoms with van der Waals surface area (Å²) >= 11 is 0. The Hall–Kier alpha value is -0.120. The van der Waals surface area contributed by atoms with Crippen LogP contribution >= 0.6 is 0 Å². The molecule has 2 aliphatic heterocycles. The molecule has 0 aromatic carbocycles. The highest BCUT2D eigenvalue weighted by molar-refractivity contribution is 4.93. The third-order valence-electron chi connectivity index (χ3n) is 4.07. The van der Waals surface area contributed by atoms with Crippen LogP contribution in [0.1, 0.15) is 45.4 Å². The summed E-state index contributed by atoms with van der Waals surface area (Å²) in [4.78, 5) is 2.71. The SMILES string of the molecule is CCOCCCN1C2CCCC1CC(N)C2. The van der Waals surface area contributed by atoms with Gasteiger partial charge in [0.15, 0.2) is 0 Å². The van der Waals surface area contributed by atoms with Gasteiger partial charge in [-0.1, -0.05) is 6.42 Å². The minimum absolute atomic E-state index is 0.457. The van der Waals surface area contributed by atoms with Gasteiger partial charge < -0.3 is 10.5 Å². The number of fused-ring (bicyclic) bond motifs is 2. The second kappa shape index (κ2) is 5.99. The number of nitrogens with two attached hydrogens (primary N) is 1. The van der Waals surface area contributed by atoms with Crippen LogP contribution in [0.4, 0.5) is 0 Å². The molecule has 3 heteroatoms. The van der Waals surface area contributed by atoms with E-state index in [4.69, 9.17) is 10.5 Å².